The minimum Gasteiger partial charge on any atom is -0.164 e. The van der Waals surface area contributed by atoms with Gasteiger partial charge in [-0.1, -0.05) is 229 Å². The van der Waals surface area contributed by atoms with Crippen molar-refractivity contribution >= 4 is 31.1 Å². The fourth-order valence-corrected chi connectivity index (χ4v) is 8.96. The van der Waals surface area contributed by atoms with Crippen molar-refractivity contribution in [3.05, 3.63) is 179 Å². The van der Waals surface area contributed by atoms with Gasteiger partial charge in [0.05, 0.1) is 0 Å². The first-order chi connectivity index (χ1) is 28.8. The van der Waals surface area contributed by atoms with Gasteiger partial charge in [-0.15, -0.1) is 44.8 Å². The molecule has 2 fully saturated rings. The van der Waals surface area contributed by atoms with E-state index in [0.717, 1.165) is 21.4 Å². The summed E-state index contributed by atoms with van der Waals surface area (Å²) in [5.41, 5.74) is 18.9. The van der Waals surface area contributed by atoms with Gasteiger partial charge in [0.1, 0.15) is 0 Å². The van der Waals surface area contributed by atoms with Gasteiger partial charge in [0.2, 0.25) is 0 Å². The first kappa shape index (κ1) is 43.7. The van der Waals surface area contributed by atoms with E-state index >= 15 is 0 Å². The molecule has 2 aliphatic rings. The van der Waals surface area contributed by atoms with E-state index in [1.165, 1.54) is 151 Å². The van der Waals surface area contributed by atoms with Crippen molar-refractivity contribution in [2.45, 2.75) is 92.2 Å². The summed E-state index contributed by atoms with van der Waals surface area (Å²) in [6.07, 6.45) is 10.9. The van der Waals surface area contributed by atoms with Crippen molar-refractivity contribution in [2.24, 2.45) is 11.8 Å². The fourth-order valence-electron chi connectivity index (χ4n) is 8.96. The van der Waals surface area contributed by atoms with Gasteiger partial charge in [0.25, 0.3) is 0 Å². The van der Waals surface area contributed by atoms with E-state index in [1.807, 2.05) is 0 Å². The van der Waals surface area contributed by atoms with E-state index < -0.39 is 0 Å². The minimum absolute atomic E-state index is 0. The van der Waals surface area contributed by atoms with Gasteiger partial charge in [-0.2, -0.15) is 12.1 Å². The summed E-state index contributed by atoms with van der Waals surface area (Å²) < 4.78 is 0. The van der Waals surface area contributed by atoms with Gasteiger partial charge in [-0.3, -0.25) is 0 Å². The second kappa shape index (κ2) is 20.0. The van der Waals surface area contributed by atoms with Gasteiger partial charge in [0.15, 0.2) is 0 Å². The number of fused-ring (bicyclic) bond motifs is 2. The van der Waals surface area contributed by atoms with Crippen LogP contribution in [0.4, 0.5) is 0 Å². The average Bonchev–Trinajstić information content (AvgIpc) is 3.84. The molecule has 0 heterocycles. The Bertz CT molecular complexity index is 2260. The fraction of sp³-hybridized carbons (Fsp3) is 0.276. The summed E-state index contributed by atoms with van der Waals surface area (Å²) in [7, 11) is 1.08. The molecule has 0 spiro atoms. The Morgan fingerprint density at radius 1 is 0.417 bits per heavy atom. The first-order valence-corrected chi connectivity index (χ1v) is 24.1. The van der Waals surface area contributed by atoms with E-state index in [2.05, 4.69) is 186 Å². The van der Waals surface area contributed by atoms with Crippen LogP contribution in [0.3, 0.4) is 0 Å². The molecule has 0 amide bonds. The molecule has 2 saturated carbocycles. The van der Waals surface area contributed by atoms with Crippen LogP contribution in [0.2, 0.25) is 13.1 Å². The predicted molar refractivity (Wildman–Crippen MR) is 259 cm³/mol. The summed E-state index contributed by atoms with van der Waals surface area (Å²) in [5.74, 6) is 1.78. The predicted octanol–water partition coefficient (Wildman–Crippen LogP) is 16.5. The van der Waals surface area contributed by atoms with Crippen LogP contribution in [0.25, 0.3) is 66.1 Å². The molecule has 2 radical (unpaired) electrons. The molecule has 0 N–H and O–H groups in total. The smallest absolute Gasteiger partial charge is 0.164 e. The molecule has 60 heavy (non-hydrogen) atoms. The molecule has 10 rings (SSSR count). The zero-order chi connectivity index (χ0) is 40.9. The molecule has 0 saturated heterocycles. The van der Waals surface area contributed by atoms with Crippen LogP contribution in [-0.2, 0) is 39.0 Å². The van der Waals surface area contributed by atoms with E-state index in [0.29, 0.717) is 0 Å². The maximum atomic E-state index is 2.46. The van der Waals surface area contributed by atoms with Gasteiger partial charge in [-0.05, 0) is 63.5 Å². The van der Waals surface area contributed by atoms with Crippen molar-refractivity contribution in [3.8, 4) is 44.5 Å². The van der Waals surface area contributed by atoms with Crippen LogP contribution in [0.1, 0.15) is 71.9 Å². The Morgan fingerprint density at radius 2 is 0.683 bits per heavy atom. The van der Waals surface area contributed by atoms with E-state index in [4.69, 9.17) is 0 Å². The van der Waals surface area contributed by atoms with Crippen LogP contribution in [0, 0.1) is 39.5 Å². The monoisotopic (exact) mass is 874 g/mol. The molecule has 0 bridgehead atoms. The largest absolute Gasteiger partial charge is 2.00 e. The zero-order valence-corrected chi connectivity index (χ0v) is 40.1. The molecule has 0 unspecified atom stereocenters. The molecule has 8 aromatic carbocycles. The van der Waals surface area contributed by atoms with E-state index in [-0.39, 0.29) is 26.2 Å². The average molecular weight is 876 g/mol. The van der Waals surface area contributed by atoms with Gasteiger partial charge in [-0.25, -0.2) is 0 Å². The number of benzene rings is 6. The number of aryl methyl sites for hydroxylation is 4. The minimum atomic E-state index is 0. The van der Waals surface area contributed by atoms with Gasteiger partial charge >= 0.3 is 26.2 Å². The van der Waals surface area contributed by atoms with Crippen LogP contribution in [0.5, 0.6) is 0 Å². The SMILES string of the molecule is C[Si]C.Cc1ccc(-c2ccc(-c3ccc(C)cc3)c3[cH-]c(CC4CCC4)cc23)cc1.Cc1ccc(-c2ccc(-c3ccc(C)cc3)c3[cH-]c(CC4CCC4)cc23)cc1.[Zr+2]. The third-order valence-electron chi connectivity index (χ3n) is 12.8. The normalized spacial score (nSPS) is 13.7. The van der Waals surface area contributed by atoms with Crippen molar-refractivity contribution < 1.29 is 26.2 Å². The molecular formula is C58H60SiZr. The zero-order valence-electron chi connectivity index (χ0n) is 36.7. The molecule has 8 aromatic rings. The summed E-state index contributed by atoms with van der Waals surface area (Å²) in [4.78, 5) is 0. The Labute approximate surface area is 382 Å². The van der Waals surface area contributed by atoms with Crippen molar-refractivity contribution in [1.82, 2.24) is 0 Å². The van der Waals surface area contributed by atoms with Crippen molar-refractivity contribution in [1.29, 1.82) is 0 Å². The third-order valence-corrected chi connectivity index (χ3v) is 12.8. The summed E-state index contributed by atoms with van der Waals surface area (Å²) in [6.45, 7) is 12.9. The van der Waals surface area contributed by atoms with Crippen molar-refractivity contribution in [3.63, 3.8) is 0 Å². The standard InChI is InChI=1S/2C28H27.C2H6Si.Zr/c2*1-19-6-10-23(11-7-19)25-14-15-26(24-12-8-20(2)9-13-24)28-18-22(17-27(25)28)16-21-4-3-5-21;1-3-2;/h2*6-15,17-18,21H,3-5,16H2,1-2H3;1-2H3;/q2*-1;;+2. The van der Waals surface area contributed by atoms with Gasteiger partial charge in [0, 0.05) is 9.52 Å². The van der Waals surface area contributed by atoms with E-state index in [1.54, 1.807) is 0 Å². The van der Waals surface area contributed by atoms with Crippen molar-refractivity contribution in [2.75, 3.05) is 0 Å². The third kappa shape index (κ3) is 10.0. The quantitative estimate of drug-likeness (QED) is 0.105. The van der Waals surface area contributed by atoms with Gasteiger partial charge < -0.3 is 0 Å². The Kier molecular flexibility index (Phi) is 14.6. The molecule has 0 nitrogen and oxygen atoms in total. The summed E-state index contributed by atoms with van der Waals surface area (Å²) >= 11 is 0. The summed E-state index contributed by atoms with van der Waals surface area (Å²) in [6, 6.07) is 54.9. The Balaban J connectivity index is 0.000000168. The molecule has 300 valence electrons. The summed E-state index contributed by atoms with van der Waals surface area (Å²) in [5, 5.41) is 5.60. The molecule has 0 aromatic heterocycles. The van der Waals surface area contributed by atoms with Crippen LogP contribution in [-0.4, -0.2) is 9.52 Å². The topological polar surface area (TPSA) is 0 Å². The molecule has 2 heteroatoms. The first-order valence-electron chi connectivity index (χ1n) is 22.1. The van der Waals surface area contributed by atoms with Crippen LogP contribution < -0.4 is 0 Å². The second-order valence-electron chi connectivity index (χ2n) is 17.7. The van der Waals surface area contributed by atoms with E-state index in [9.17, 15) is 0 Å². The number of hydrogen-bond acceptors (Lipinski definition) is 0. The number of hydrogen-bond donors (Lipinski definition) is 0. The van der Waals surface area contributed by atoms with Crippen LogP contribution in [0.15, 0.2) is 146 Å². The maximum Gasteiger partial charge on any atom is 2.00 e. The van der Waals surface area contributed by atoms with Crippen LogP contribution >= 0.6 is 0 Å². The Hall–Kier alpha value is -4.36. The molecule has 0 aliphatic heterocycles. The molecule has 2 aliphatic carbocycles. The number of rotatable bonds is 8. The second-order valence-corrected chi connectivity index (χ2v) is 18.7. The molecule has 0 atom stereocenters. The molecular weight excluding hydrogens is 816 g/mol. The Morgan fingerprint density at radius 3 is 0.950 bits per heavy atom. The maximum absolute atomic E-state index is 2.46.